The predicted octanol–water partition coefficient (Wildman–Crippen LogP) is 2.68. The molecule has 2 rings (SSSR count). The number of benzene rings is 1. The van der Waals surface area contributed by atoms with Gasteiger partial charge in [-0.3, -0.25) is 5.10 Å². The summed E-state index contributed by atoms with van der Waals surface area (Å²) in [5, 5.41) is 15.9. The van der Waals surface area contributed by atoms with Crippen LogP contribution in [0.2, 0.25) is 5.02 Å². The molecule has 0 radical (unpaired) electrons. The van der Waals surface area contributed by atoms with Crippen LogP contribution in [0.1, 0.15) is 10.5 Å². The number of nitrogens with zero attached hydrogens (tertiary/aromatic N) is 1. The monoisotopic (exact) mass is 274 g/mol. The van der Waals surface area contributed by atoms with Gasteiger partial charge in [0.15, 0.2) is 5.69 Å². The quantitative estimate of drug-likeness (QED) is 0.841. The molecule has 6 heteroatoms. The van der Waals surface area contributed by atoms with Crippen LogP contribution in [0.25, 0.3) is 10.9 Å². The van der Waals surface area contributed by atoms with Gasteiger partial charge in [-0.1, -0.05) is 27.5 Å². The smallest absolute Gasteiger partial charge is 0.357 e. The summed E-state index contributed by atoms with van der Waals surface area (Å²) in [6.07, 6.45) is 0. The van der Waals surface area contributed by atoms with E-state index in [1.165, 1.54) is 0 Å². The van der Waals surface area contributed by atoms with Gasteiger partial charge in [-0.25, -0.2) is 4.79 Å². The molecule has 1 aromatic heterocycles. The van der Waals surface area contributed by atoms with E-state index in [0.717, 1.165) is 4.47 Å². The molecule has 14 heavy (non-hydrogen) atoms. The van der Waals surface area contributed by atoms with Crippen LogP contribution in [0.3, 0.4) is 0 Å². The van der Waals surface area contributed by atoms with Gasteiger partial charge in [0.05, 0.1) is 15.9 Å². The normalized spacial score (nSPS) is 10.7. The molecule has 0 amide bonds. The summed E-state index contributed by atoms with van der Waals surface area (Å²) in [4.78, 5) is 10.8. The van der Waals surface area contributed by atoms with Crippen LogP contribution >= 0.6 is 27.5 Å². The third-order valence-electron chi connectivity index (χ3n) is 1.78. The van der Waals surface area contributed by atoms with E-state index in [1.54, 1.807) is 12.1 Å². The Morgan fingerprint density at radius 3 is 2.93 bits per heavy atom. The number of hydrogen-bond acceptors (Lipinski definition) is 2. The topological polar surface area (TPSA) is 66.0 Å². The molecule has 1 heterocycles. The molecule has 0 saturated carbocycles. The Morgan fingerprint density at radius 2 is 2.29 bits per heavy atom. The van der Waals surface area contributed by atoms with Crippen molar-refractivity contribution in [3.8, 4) is 0 Å². The van der Waals surface area contributed by atoms with Crippen LogP contribution in [0.4, 0.5) is 0 Å². The summed E-state index contributed by atoms with van der Waals surface area (Å²) in [5.74, 6) is -1.10. The number of halogens is 2. The highest BCUT2D eigenvalue weighted by Gasteiger charge is 2.15. The van der Waals surface area contributed by atoms with Crippen LogP contribution < -0.4 is 0 Å². The average Bonchev–Trinajstić information content (AvgIpc) is 2.47. The maximum absolute atomic E-state index is 10.8. The van der Waals surface area contributed by atoms with Crippen LogP contribution in [0.15, 0.2) is 16.6 Å². The first-order chi connectivity index (χ1) is 6.59. The zero-order valence-electron chi connectivity index (χ0n) is 6.71. The third-order valence-corrected chi connectivity index (χ3v) is 2.54. The minimum absolute atomic E-state index is 0.0579. The van der Waals surface area contributed by atoms with Gasteiger partial charge in [-0.15, -0.1) is 0 Å². The Morgan fingerprint density at radius 1 is 1.57 bits per heavy atom. The van der Waals surface area contributed by atoms with Crippen LogP contribution in [-0.2, 0) is 0 Å². The van der Waals surface area contributed by atoms with Crippen molar-refractivity contribution in [2.75, 3.05) is 0 Å². The lowest BCUT2D eigenvalue weighted by Gasteiger charge is -1.95. The lowest BCUT2D eigenvalue weighted by atomic mass is 10.2. The first kappa shape index (κ1) is 9.48. The van der Waals surface area contributed by atoms with Crippen molar-refractivity contribution in [2.45, 2.75) is 0 Å². The molecule has 0 bridgehead atoms. The number of nitrogens with one attached hydrogen (secondary N) is 1. The minimum Gasteiger partial charge on any atom is -0.476 e. The summed E-state index contributed by atoms with van der Waals surface area (Å²) in [5.41, 5.74) is 0.541. The predicted molar refractivity (Wildman–Crippen MR) is 55.8 cm³/mol. The molecule has 0 saturated heterocycles. The van der Waals surface area contributed by atoms with Crippen molar-refractivity contribution in [1.29, 1.82) is 0 Å². The summed E-state index contributed by atoms with van der Waals surface area (Å²) in [6.45, 7) is 0. The Hall–Kier alpha value is -1.07. The highest BCUT2D eigenvalue weighted by atomic mass is 79.9. The van der Waals surface area contributed by atoms with Gasteiger partial charge >= 0.3 is 5.97 Å². The summed E-state index contributed by atoms with van der Waals surface area (Å²) in [6, 6.07) is 3.35. The number of aromatic amines is 1. The van der Waals surface area contributed by atoms with Crippen LogP contribution in [0.5, 0.6) is 0 Å². The maximum atomic E-state index is 10.8. The van der Waals surface area contributed by atoms with E-state index in [4.69, 9.17) is 16.7 Å². The first-order valence-electron chi connectivity index (χ1n) is 3.66. The highest BCUT2D eigenvalue weighted by Crippen LogP contribution is 2.29. The zero-order chi connectivity index (χ0) is 10.3. The van der Waals surface area contributed by atoms with Crippen molar-refractivity contribution in [3.05, 3.63) is 27.3 Å². The van der Waals surface area contributed by atoms with E-state index in [9.17, 15) is 4.79 Å². The van der Waals surface area contributed by atoms with Crippen molar-refractivity contribution in [3.63, 3.8) is 0 Å². The fourth-order valence-corrected chi connectivity index (χ4v) is 2.13. The number of aromatic carboxylic acids is 1. The number of aromatic nitrogens is 2. The van der Waals surface area contributed by atoms with Crippen molar-refractivity contribution < 1.29 is 9.90 Å². The Balaban J connectivity index is 2.85. The van der Waals surface area contributed by atoms with E-state index < -0.39 is 5.97 Å². The lowest BCUT2D eigenvalue weighted by Crippen LogP contribution is -1.97. The van der Waals surface area contributed by atoms with Gasteiger partial charge < -0.3 is 5.11 Å². The Kier molecular flexibility index (Phi) is 2.20. The van der Waals surface area contributed by atoms with E-state index in [-0.39, 0.29) is 5.69 Å². The lowest BCUT2D eigenvalue weighted by molar-refractivity contribution is 0.0692. The van der Waals surface area contributed by atoms with Gasteiger partial charge in [0.2, 0.25) is 0 Å². The molecule has 0 spiro atoms. The van der Waals surface area contributed by atoms with Crippen LogP contribution in [-0.4, -0.2) is 21.3 Å². The fraction of sp³-hybridized carbons (Fsp3) is 0. The molecule has 0 aliphatic carbocycles. The van der Waals surface area contributed by atoms with E-state index >= 15 is 0 Å². The number of carboxylic acid groups (broad SMARTS) is 1. The van der Waals surface area contributed by atoms with E-state index in [0.29, 0.717) is 15.9 Å². The summed E-state index contributed by atoms with van der Waals surface area (Å²) < 4.78 is 0.774. The number of rotatable bonds is 1. The number of carboxylic acids is 1. The summed E-state index contributed by atoms with van der Waals surface area (Å²) >= 11 is 9.15. The molecular weight excluding hydrogens is 271 g/mol. The van der Waals surface area contributed by atoms with Gasteiger partial charge in [0.25, 0.3) is 0 Å². The molecule has 0 aliphatic rings. The molecule has 1 aromatic carbocycles. The molecule has 0 atom stereocenters. The second-order valence-corrected chi connectivity index (χ2v) is 4.01. The van der Waals surface area contributed by atoms with Crippen molar-refractivity contribution in [1.82, 2.24) is 10.2 Å². The minimum atomic E-state index is -1.10. The van der Waals surface area contributed by atoms with E-state index in [1.807, 2.05) is 0 Å². The van der Waals surface area contributed by atoms with Gasteiger partial charge in [-0.2, -0.15) is 5.10 Å². The number of hydrogen-bond donors (Lipinski definition) is 2. The van der Waals surface area contributed by atoms with Crippen molar-refractivity contribution >= 4 is 44.4 Å². The molecule has 2 N–H and O–H groups in total. The maximum Gasteiger partial charge on any atom is 0.357 e. The Bertz CT molecular complexity index is 523. The molecule has 0 aliphatic heterocycles. The van der Waals surface area contributed by atoms with Gasteiger partial charge in [0, 0.05) is 4.47 Å². The summed E-state index contributed by atoms with van der Waals surface area (Å²) in [7, 11) is 0. The van der Waals surface area contributed by atoms with Crippen LogP contribution in [0, 0.1) is 0 Å². The third kappa shape index (κ3) is 1.38. The fourth-order valence-electron chi connectivity index (χ4n) is 1.23. The standard InChI is InChI=1S/C8H4BrClN2O2/c9-3-1-4(10)6-5(2-3)11-12-7(6)8(13)14/h1-2H,(H,11,12)(H,13,14). The second-order valence-electron chi connectivity index (χ2n) is 2.69. The van der Waals surface area contributed by atoms with Crippen molar-refractivity contribution in [2.24, 2.45) is 0 Å². The van der Waals surface area contributed by atoms with Gasteiger partial charge in [0.1, 0.15) is 0 Å². The average molecular weight is 275 g/mol. The highest BCUT2D eigenvalue weighted by molar-refractivity contribution is 9.10. The second kappa shape index (κ2) is 3.25. The molecular formula is C8H4BrClN2O2. The molecule has 72 valence electrons. The first-order valence-corrected chi connectivity index (χ1v) is 4.83. The molecule has 0 unspecified atom stereocenters. The van der Waals surface area contributed by atoms with E-state index in [2.05, 4.69) is 26.1 Å². The zero-order valence-corrected chi connectivity index (χ0v) is 9.06. The SMILES string of the molecule is O=C(O)c1n[nH]c2cc(Br)cc(Cl)c12. The largest absolute Gasteiger partial charge is 0.476 e. The van der Waals surface area contributed by atoms with Gasteiger partial charge in [-0.05, 0) is 12.1 Å². The molecule has 4 nitrogen and oxygen atoms in total. The molecule has 0 fully saturated rings. The number of carbonyl (C=O) groups is 1. The molecule has 2 aromatic rings. The number of H-pyrrole nitrogens is 1. The Labute approximate surface area is 92.0 Å². The number of fused-ring (bicyclic) bond motifs is 1.